The number of phenolic OH excluding ortho intramolecular Hbond substituents is 1. The van der Waals surface area contributed by atoms with Gasteiger partial charge < -0.3 is 9.84 Å². The minimum Gasteiger partial charge on any atom is -0.507 e. The number of ether oxygens (including phenoxy) is 1. The molecule has 15 heavy (non-hydrogen) atoms. The Morgan fingerprint density at radius 2 is 2.33 bits per heavy atom. The second-order valence-corrected chi connectivity index (χ2v) is 3.07. The first-order valence-corrected chi connectivity index (χ1v) is 4.68. The fourth-order valence-electron chi connectivity index (χ4n) is 0.894. The number of rotatable bonds is 1. The number of esters is 1. The quantitative estimate of drug-likeness (QED) is 0.586. The predicted octanol–water partition coefficient (Wildman–Crippen LogP) is 1.96. The van der Waals surface area contributed by atoms with E-state index in [1.54, 1.807) is 6.92 Å². The first-order chi connectivity index (χ1) is 7.13. The number of hydrogen-bond donors (Lipinski definition) is 1. The molecule has 0 radical (unpaired) electrons. The number of carbonyl (C=O) groups is 1. The molecule has 0 spiro atoms. The monoisotopic (exact) mass is 224 g/mol. The summed E-state index contributed by atoms with van der Waals surface area (Å²) in [5.41, 5.74) is 0.301. The van der Waals surface area contributed by atoms with Gasteiger partial charge in [-0.2, -0.15) is 0 Å². The average Bonchev–Trinajstić information content (AvgIpc) is 2.20. The Hall–Kier alpha value is -1.66. The van der Waals surface area contributed by atoms with E-state index in [2.05, 4.69) is 16.6 Å². The molecule has 0 amide bonds. The summed E-state index contributed by atoms with van der Waals surface area (Å²) in [6.07, 6.45) is 0. The van der Waals surface area contributed by atoms with Crippen molar-refractivity contribution < 1.29 is 14.6 Å². The van der Waals surface area contributed by atoms with Gasteiger partial charge in [0.15, 0.2) is 0 Å². The Bertz CT molecular complexity index is 429. The van der Waals surface area contributed by atoms with Crippen molar-refractivity contribution in [1.29, 1.82) is 0 Å². The van der Waals surface area contributed by atoms with Crippen LogP contribution in [0.3, 0.4) is 0 Å². The van der Waals surface area contributed by atoms with Crippen LogP contribution in [0.5, 0.6) is 5.75 Å². The molecule has 1 rings (SSSR count). The molecule has 0 aliphatic carbocycles. The standard InChI is InChI=1S/C11H9ClO3/c1-2-15-11(14)6-3-8-7-9(12)4-5-10(8)13/h4-5,7,13H,2H2,1H3. The Kier molecular flexibility index (Phi) is 4.02. The van der Waals surface area contributed by atoms with Gasteiger partial charge in [0, 0.05) is 10.9 Å². The molecule has 0 bridgehead atoms. The zero-order valence-electron chi connectivity index (χ0n) is 8.08. The van der Waals surface area contributed by atoms with E-state index >= 15 is 0 Å². The largest absolute Gasteiger partial charge is 0.507 e. The van der Waals surface area contributed by atoms with Crippen molar-refractivity contribution >= 4 is 17.6 Å². The second-order valence-electron chi connectivity index (χ2n) is 2.63. The maximum Gasteiger partial charge on any atom is 0.384 e. The SMILES string of the molecule is CCOC(=O)C#Cc1cc(Cl)ccc1O. The highest BCUT2D eigenvalue weighted by atomic mass is 35.5. The lowest BCUT2D eigenvalue weighted by molar-refractivity contribution is -0.136. The summed E-state index contributed by atoms with van der Waals surface area (Å²) in [5.74, 6) is 4.07. The van der Waals surface area contributed by atoms with Crippen molar-refractivity contribution in [2.24, 2.45) is 0 Å². The molecule has 78 valence electrons. The summed E-state index contributed by atoms with van der Waals surface area (Å²) in [6, 6.07) is 4.42. The summed E-state index contributed by atoms with van der Waals surface area (Å²) in [7, 11) is 0. The molecular weight excluding hydrogens is 216 g/mol. The molecular formula is C11H9ClO3. The van der Waals surface area contributed by atoms with Gasteiger partial charge in [0.1, 0.15) is 5.75 Å². The molecule has 1 aromatic carbocycles. The van der Waals surface area contributed by atoms with E-state index in [9.17, 15) is 9.90 Å². The zero-order valence-corrected chi connectivity index (χ0v) is 8.84. The highest BCUT2D eigenvalue weighted by Crippen LogP contribution is 2.20. The molecule has 0 atom stereocenters. The van der Waals surface area contributed by atoms with E-state index in [0.29, 0.717) is 10.6 Å². The lowest BCUT2D eigenvalue weighted by Gasteiger charge is -1.96. The van der Waals surface area contributed by atoms with Gasteiger partial charge in [0.05, 0.1) is 12.2 Å². The maximum absolute atomic E-state index is 10.9. The van der Waals surface area contributed by atoms with Crippen LogP contribution in [-0.2, 0) is 9.53 Å². The van der Waals surface area contributed by atoms with E-state index in [0.717, 1.165) is 0 Å². The average molecular weight is 225 g/mol. The van der Waals surface area contributed by atoms with Crippen LogP contribution in [0, 0.1) is 11.8 Å². The van der Waals surface area contributed by atoms with Gasteiger partial charge >= 0.3 is 5.97 Å². The summed E-state index contributed by atoms with van der Waals surface area (Å²) in [6.45, 7) is 1.96. The number of aromatic hydroxyl groups is 1. The Morgan fingerprint density at radius 1 is 1.60 bits per heavy atom. The molecule has 3 nitrogen and oxygen atoms in total. The van der Waals surface area contributed by atoms with Crippen LogP contribution in [0.25, 0.3) is 0 Å². The van der Waals surface area contributed by atoms with E-state index < -0.39 is 5.97 Å². The molecule has 0 fully saturated rings. The highest BCUT2D eigenvalue weighted by Gasteiger charge is 1.99. The summed E-state index contributed by atoms with van der Waals surface area (Å²) >= 11 is 5.70. The number of carbonyl (C=O) groups excluding carboxylic acids is 1. The predicted molar refractivity (Wildman–Crippen MR) is 56.6 cm³/mol. The van der Waals surface area contributed by atoms with Gasteiger partial charge in [-0.15, -0.1) is 0 Å². The van der Waals surface area contributed by atoms with E-state index in [1.165, 1.54) is 18.2 Å². The molecule has 0 saturated heterocycles. The van der Waals surface area contributed by atoms with Crippen LogP contribution < -0.4 is 0 Å². The molecule has 0 unspecified atom stereocenters. The van der Waals surface area contributed by atoms with Crippen molar-refractivity contribution in [3.63, 3.8) is 0 Å². The number of benzene rings is 1. The van der Waals surface area contributed by atoms with Gasteiger partial charge in [-0.1, -0.05) is 17.5 Å². The minimum atomic E-state index is -0.628. The molecule has 1 N–H and O–H groups in total. The van der Waals surface area contributed by atoms with Crippen LogP contribution in [0.1, 0.15) is 12.5 Å². The van der Waals surface area contributed by atoms with Gasteiger partial charge in [0.2, 0.25) is 0 Å². The third-order valence-electron chi connectivity index (χ3n) is 1.53. The van der Waals surface area contributed by atoms with Crippen LogP contribution in [0.15, 0.2) is 18.2 Å². The van der Waals surface area contributed by atoms with Crippen molar-refractivity contribution in [3.8, 4) is 17.6 Å². The lowest BCUT2D eigenvalue weighted by Crippen LogP contribution is -1.99. The smallest absolute Gasteiger partial charge is 0.384 e. The first kappa shape index (κ1) is 11.4. The molecule has 0 aromatic heterocycles. The minimum absolute atomic E-state index is 0.0174. The Morgan fingerprint density at radius 3 is 3.00 bits per heavy atom. The van der Waals surface area contributed by atoms with Gasteiger partial charge in [0.25, 0.3) is 0 Å². The third-order valence-corrected chi connectivity index (χ3v) is 1.77. The normalized spacial score (nSPS) is 8.93. The summed E-state index contributed by atoms with van der Waals surface area (Å²) < 4.78 is 4.61. The Labute approximate surface area is 92.6 Å². The molecule has 0 aliphatic rings. The molecule has 0 heterocycles. The topological polar surface area (TPSA) is 46.5 Å². The second kappa shape index (κ2) is 5.28. The van der Waals surface area contributed by atoms with E-state index in [1.807, 2.05) is 0 Å². The van der Waals surface area contributed by atoms with Crippen LogP contribution in [0.4, 0.5) is 0 Å². The number of phenols is 1. The molecule has 1 aromatic rings. The highest BCUT2D eigenvalue weighted by molar-refractivity contribution is 6.30. The van der Waals surface area contributed by atoms with Crippen LogP contribution in [-0.4, -0.2) is 17.7 Å². The fraction of sp³-hybridized carbons (Fsp3) is 0.182. The lowest BCUT2D eigenvalue weighted by atomic mass is 10.2. The third kappa shape index (κ3) is 3.53. The van der Waals surface area contributed by atoms with Gasteiger partial charge in [-0.25, -0.2) is 4.79 Å². The maximum atomic E-state index is 10.9. The molecule has 0 saturated carbocycles. The van der Waals surface area contributed by atoms with Crippen molar-refractivity contribution in [2.75, 3.05) is 6.61 Å². The van der Waals surface area contributed by atoms with E-state index in [-0.39, 0.29) is 12.4 Å². The van der Waals surface area contributed by atoms with Crippen LogP contribution in [0.2, 0.25) is 5.02 Å². The van der Waals surface area contributed by atoms with Crippen LogP contribution >= 0.6 is 11.6 Å². The summed E-state index contributed by atoms with van der Waals surface area (Å²) in [5, 5.41) is 9.81. The van der Waals surface area contributed by atoms with Crippen molar-refractivity contribution in [3.05, 3.63) is 28.8 Å². The van der Waals surface area contributed by atoms with E-state index in [4.69, 9.17) is 11.6 Å². The molecule has 0 aliphatic heterocycles. The first-order valence-electron chi connectivity index (χ1n) is 4.30. The van der Waals surface area contributed by atoms with Gasteiger partial charge in [-0.05, 0) is 25.1 Å². The van der Waals surface area contributed by atoms with Crippen molar-refractivity contribution in [2.45, 2.75) is 6.92 Å². The van der Waals surface area contributed by atoms with Crippen molar-refractivity contribution in [1.82, 2.24) is 0 Å². The summed E-state index contributed by atoms with van der Waals surface area (Å²) in [4.78, 5) is 10.9. The Balaban J connectivity index is 2.88. The number of hydrogen-bond acceptors (Lipinski definition) is 3. The number of halogens is 1. The van der Waals surface area contributed by atoms with Gasteiger partial charge in [-0.3, -0.25) is 0 Å². The molecule has 4 heteroatoms. The zero-order chi connectivity index (χ0) is 11.3. The fourth-order valence-corrected chi connectivity index (χ4v) is 1.07.